The monoisotopic (exact) mass is 368 g/mol. The summed E-state index contributed by atoms with van der Waals surface area (Å²) in [5.41, 5.74) is 1.02. The Labute approximate surface area is 158 Å². The van der Waals surface area contributed by atoms with Crippen LogP contribution < -0.4 is 5.32 Å². The SMILES string of the molecule is CC(C)c1noc(CN2CCN(CC(=O)Nc3ccccc3C#N)CC2)n1. The highest BCUT2D eigenvalue weighted by molar-refractivity contribution is 5.93. The van der Waals surface area contributed by atoms with E-state index >= 15 is 0 Å². The zero-order chi connectivity index (χ0) is 19.2. The molecule has 1 aromatic carbocycles. The van der Waals surface area contributed by atoms with E-state index in [1.54, 1.807) is 24.3 Å². The van der Waals surface area contributed by atoms with E-state index in [4.69, 9.17) is 9.78 Å². The molecule has 0 bridgehead atoms. The van der Waals surface area contributed by atoms with Crippen LogP contribution in [0.15, 0.2) is 28.8 Å². The second kappa shape index (κ2) is 8.75. The maximum atomic E-state index is 12.3. The number of aromatic nitrogens is 2. The molecule has 0 spiro atoms. The third kappa shape index (κ3) is 5.12. The fraction of sp³-hybridized carbons (Fsp3) is 0.474. The van der Waals surface area contributed by atoms with Crippen LogP contribution in [0, 0.1) is 11.3 Å². The molecule has 0 atom stereocenters. The number of nitriles is 1. The molecule has 0 radical (unpaired) electrons. The van der Waals surface area contributed by atoms with E-state index in [2.05, 4.69) is 31.3 Å². The van der Waals surface area contributed by atoms with Gasteiger partial charge in [0.15, 0.2) is 5.82 Å². The highest BCUT2D eigenvalue weighted by Crippen LogP contribution is 2.14. The highest BCUT2D eigenvalue weighted by Gasteiger charge is 2.21. The van der Waals surface area contributed by atoms with Crippen LogP contribution in [0.4, 0.5) is 5.69 Å². The number of amides is 1. The second-order valence-electron chi connectivity index (χ2n) is 6.96. The van der Waals surface area contributed by atoms with Crippen molar-refractivity contribution in [3.63, 3.8) is 0 Å². The van der Waals surface area contributed by atoms with Gasteiger partial charge in [0.05, 0.1) is 24.3 Å². The normalized spacial score (nSPS) is 15.6. The van der Waals surface area contributed by atoms with Crippen LogP contribution in [-0.2, 0) is 11.3 Å². The van der Waals surface area contributed by atoms with E-state index in [-0.39, 0.29) is 11.8 Å². The summed E-state index contributed by atoms with van der Waals surface area (Å²) in [6.07, 6.45) is 0. The van der Waals surface area contributed by atoms with Crippen molar-refractivity contribution in [2.45, 2.75) is 26.3 Å². The number of anilines is 1. The maximum absolute atomic E-state index is 12.3. The Kier molecular flexibility index (Phi) is 6.16. The van der Waals surface area contributed by atoms with E-state index in [9.17, 15) is 4.79 Å². The standard InChI is InChI=1S/C19H24N6O2/c1-14(2)19-22-18(27-23-19)13-25-9-7-24(8-10-25)12-17(26)21-16-6-4-3-5-15(16)11-20/h3-6,14H,7-10,12-13H2,1-2H3,(H,21,26). The predicted molar refractivity (Wildman–Crippen MR) is 99.9 cm³/mol. The van der Waals surface area contributed by atoms with Crippen molar-refractivity contribution in [3.8, 4) is 6.07 Å². The lowest BCUT2D eigenvalue weighted by molar-refractivity contribution is -0.117. The van der Waals surface area contributed by atoms with Crippen molar-refractivity contribution in [3.05, 3.63) is 41.5 Å². The van der Waals surface area contributed by atoms with Gasteiger partial charge in [-0.15, -0.1) is 0 Å². The first kappa shape index (κ1) is 19.0. The van der Waals surface area contributed by atoms with Crippen LogP contribution in [0.25, 0.3) is 0 Å². The number of para-hydroxylation sites is 1. The van der Waals surface area contributed by atoms with Gasteiger partial charge in [-0.05, 0) is 12.1 Å². The predicted octanol–water partition coefficient (Wildman–Crippen LogP) is 1.82. The van der Waals surface area contributed by atoms with Crippen LogP contribution in [0.2, 0.25) is 0 Å². The number of rotatable bonds is 6. The summed E-state index contributed by atoms with van der Waals surface area (Å²) >= 11 is 0. The first-order valence-electron chi connectivity index (χ1n) is 9.11. The van der Waals surface area contributed by atoms with Crippen molar-refractivity contribution < 1.29 is 9.32 Å². The zero-order valence-electron chi connectivity index (χ0n) is 15.7. The number of carbonyl (C=O) groups is 1. The van der Waals surface area contributed by atoms with Gasteiger partial charge in [-0.25, -0.2) is 0 Å². The molecule has 3 rings (SSSR count). The van der Waals surface area contributed by atoms with Gasteiger partial charge in [-0.3, -0.25) is 14.6 Å². The third-order valence-electron chi connectivity index (χ3n) is 4.51. The van der Waals surface area contributed by atoms with Crippen molar-refractivity contribution in [1.82, 2.24) is 19.9 Å². The average Bonchev–Trinajstić information content (AvgIpc) is 3.12. The molecule has 1 aliphatic rings. The Balaban J connectivity index is 1.45. The number of piperazine rings is 1. The first-order valence-corrected chi connectivity index (χ1v) is 9.11. The highest BCUT2D eigenvalue weighted by atomic mass is 16.5. The summed E-state index contributed by atoms with van der Waals surface area (Å²) < 4.78 is 5.30. The van der Waals surface area contributed by atoms with E-state index in [0.29, 0.717) is 30.2 Å². The number of hydrogen-bond donors (Lipinski definition) is 1. The Bertz CT molecular complexity index is 818. The van der Waals surface area contributed by atoms with Crippen LogP contribution in [0.3, 0.4) is 0 Å². The van der Waals surface area contributed by atoms with Gasteiger partial charge >= 0.3 is 0 Å². The second-order valence-corrected chi connectivity index (χ2v) is 6.96. The molecule has 2 aromatic rings. The van der Waals surface area contributed by atoms with Gasteiger partial charge in [0.2, 0.25) is 11.8 Å². The summed E-state index contributed by atoms with van der Waals surface area (Å²) in [5.74, 6) is 1.52. The maximum Gasteiger partial charge on any atom is 0.240 e. The summed E-state index contributed by atoms with van der Waals surface area (Å²) in [4.78, 5) is 21.0. The number of hydrogen-bond acceptors (Lipinski definition) is 7. The third-order valence-corrected chi connectivity index (χ3v) is 4.51. The minimum Gasteiger partial charge on any atom is -0.338 e. The summed E-state index contributed by atoms with van der Waals surface area (Å²) in [6, 6.07) is 9.10. The van der Waals surface area contributed by atoms with E-state index < -0.39 is 0 Å². The van der Waals surface area contributed by atoms with E-state index in [0.717, 1.165) is 32.0 Å². The molecule has 1 saturated heterocycles. The van der Waals surface area contributed by atoms with Crippen molar-refractivity contribution in [2.75, 3.05) is 38.0 Å². The first-order chi connectivity index (χ1) is 13.0. The molecular formula is C19H24N6O2. The van der Waals surface area contributed by atoms with Gasteiger partial charge < -0.3 is 9.84 Å². The molecule has 0 unspecified atom stereocenters. The molecule has 142 valence electrons. The van der Waals surface area contributed by atoms with Crippen LogP contribution in [-0.4, -0.2) is 58.6 Å². The molecule has 1 aromatic heterocycles. The van der Waals surface area contributed by atoms with Crippen LogP contribution >= 0.6 is 0 Å². The number of benzene rings is 1. The molecule has 8 nitrogen and oxygen atoms in total. The molecule has 8 heteroatoms. The van der Waals surface area contributed by atoms with Gasteiger partial charge in [0.25, 0.3) is 0 Å². The van der Waals surface area contributed by atoms with Crippen molar-refractivity contribution in [2.24, 2.45) is 0 Å². The smallest absolute Gasteiger partial charge is 0.240 e. The average molecular weight is 368 g/mol. The topological polar surface area (TPSA) is 98.3 Å². The van der Waals surface area contributed by atoms with Crippen LogP contribution in [0.5, 0.6) is 0 Å². The molecule has 1 aliphatic heterocycles. The summed E-state index contributed by atoms with van der Waals surface area (Å²) in [5, 5.41) is 15.9. The van der Waals surface area contributed by atoms with Gasteiger partial charge in [-0.2, -0.15) is 10.2 Å². The van der Waals surface area contributed by atoms with Crippen LogP contribution in [0.1, 0.15) is 37.0 Å². The van der Waals surface area contributed by atoms with E-state index in [1.807, 2.05) is 13.8 Å². The largest absolute Gasteiger partial charge is 0.338 e. The number of nitrogens with zero attached hydrogens (tertiary/aromatic N) is 5. The molecule has 1 fully saturated rings. The lowest BCUT2D eigenvalue weighted by Crippen LogP contribution is -2.48. The summed E-state index contributed by atoms with van der Waals surface area (Å²) in [6.45, 7) is 8.27. The molecule has 2 heterocycles. The minimum atomic E-state index is -0.107. The fourth-order valence-corrected chi connectivity index (χ4v) is 2.95. The van der Waals surface area contributed by atoms with E-state index in [1.165, 1.54) is 0 Å². The summed E-state index contributed by atoms with van der Waals surface area (Å²) in [7, 11) is 0. The molecular weight excluding hydrogens is 344 g/mol. The molecule has 0 aliphatic carbocycles. The molecule has 0 saturated carbocycles. The van der Waals surface area contributed by atoms with Gasteiger partial charge in [-0.1, -0.05) is 31.1 Å². The molecule has 1 N–H and O–H groups in total. The zero-order valence-corrected chi connectivity index (χ0v) is 15.7. The van der Waals surface area contributed by atoms with Crippen molar-refractivity contribution in [1.29, 1.82) is 5.26 Å². The Hall–Kier alpha value is -2.76. The molecule has 27 heavy (non-hydrogen) atoms. The Morgan fingerprint density at radius 1 is 1.26 bits per heavy atom. The minimum absolute atomic E-state index is 0.107. The van der Waals surface area contributed by atoms with Gasteiger partial charge in [0.1, 0.15) is 6.07 Å². The molecule has 1 amide bonds. The fourth-order valence-electron chi connectivity index (χ4n) is 2.95. The van der Waals surface area contributed by atoms with Gasteiger partial charge in [0, 0.05) is 32.1 Å². The number of carbonyl (C=O) groups excluding carboxylic acids is 1. The lowest BCUT2D eigenvalue weighted by Gasteiger charge is -2.33. The quantitative estimate of drug-likeness (QED) is 0.830. The Morgan fingerprint density at radius 2 is 1.96 bits per heavy atom. The van der Waals surface area contributed by atoms with Crippen molar-refractivity contribution >= 4 is 11.6 Å². The Morgan fingerprint density at radius 3 is 2.63 bits per heavy atom. The number of nitrogens with one attached hydrogen (secondary N) is 1. The lowest BCUT2D eigenvalue weighted by atomic mass is 10.2.